The maximum atomic E-state index is 14.8. The summed E-state index contributed by atoms with van der Waals surface area (Å²) in [6.45, 7) is 3.10. The minimum atomic E-state index is -0.662. The van der Waals surface area contributed by atoms with Crippen molar-refractivity contribution in [2.24, 2.45) is 0 Å². The fraction of sp³-hybridized carbons (Fsp3) is 0.256. The SMILES string of the molecule is O=C(CCC(=O)Nc1cccc(Nc2ncnc(N3CCC(OCc4ccccc4)CC3)n2)c1Br)Nc1cc(Nc2ncnc(N3CC(Oc4ccc(F)cc4)C3)n2)ccc1F. The van der Waals surface area contributed by atoms with Crippen molar-refractivity contribution in [2.45, 2.75) is 44.5 Å². The number of halogens is 3. The van der Waals surface area contributed by atoms with E-state index in [2.05, 4.69) is 84.1 Å². The van der Waals surface area contributed by atoms with Crippen LogP contribution >= 0.6 is 15.9 Å². The summed E-state index contributed by atoms with van der Waals surface area (Å²) in [6, 6.07) is 25.3. The molecule has 62 heavy (non-hydrogen) atoms. The molecule has 0 aliphatic carbocycles. The van der Waals surface area contributed by atoms with E-state index in [0.29, 0.717) is 64.8 Å². The van der Waals surface area contributed by atoms with E-state index in [9.17, 15) is 18.4 Å². The third-order valence-corrected chi connectivity index (χ3v) is 10.9. The number of nitrogens with zero attached hydrogens (tertiary/aromatic N) is 8. The van der Waals surface area contributed by atoms with Crippen molar-refractivity contribution in [3.63, 3.8) is 0 Å². The number of ether oxygens (including phenoxy) is 2. The maximum absolute atomic E-state index is 14.8. The highest BCUT2D eigenvalue weighted by atomic mass is 79.9. The minimum Gasteiger partial charge on any atom is -0.487 e. The van der Waals surface area contributed by atoms with Gasteiger partial charge in [0.05, 0.1) is 47.3 Å². The van der Waals surface area contributed by atoms with Gasteiger partial charge in [-0.25, -0.2) is 28.7 Å². The Balaban J connectivity index is 0.789. The summed E-state index contributed by atoms with van der Waals surface area (Å²) in [4.78, 5) is 56.0. The van der Waals surface area contributed by atoms with E-state index >= 15 is 0 Å². The van der Waals surface area contributed by atoms with Gasteiger partial charge in [-0.1, -0.05) is 36.4 Å². The number of amides is 2. The zero-order valence-corrected chi connectivity index (χ0v) is 34.8. The lowest BCUT2D eigenvalue weighted by molar-refractivity contribution is -0.121. The number of piperidine rings is 1. The Kier molecular flexibility index (Phi) is 13.3. The van der Waals surface area contributed by atoms with Gasteiger partial charge in [0.1, 0.15) is 36.1 Å². The van der Waals surface area contributed by atoms with Gasteiger partial charge in [0.15, 0.2) is 0 Å². The largest absolute Gasteiger partial charge is 0.487 e. The van der Waals surface area contributed by atoms with Crippen molar-refractivity contribution in [1.82, 2.24) is 29.9 Å². The lowest BCUT2D eigenvalue weighted by atomic mass is 10.1. The van der Waals surface area contributed by atoms with Crippen LogP contribution in [0.1, 0.15) is 31.2 Å². The van der Waals surface area contributed by atoms with Gasteiger partial charge in [0.2, 0.25) is 35.6 Å². The molecule has 16 nitrogen and oxygen atoms in total. The molecule has 0 spiro atoms. The van der Waals surface area contributed by atoms with Gasteiger partial charge in [-0.2, -0.15) is 9.97 Å². The Labute approximate surface area is 363 Å². The summed E-state index contributed by atoms with van der Waals surface area (Å²) in [5.74, 6) is 0.0951. The Morgan fingerprint density at radius 2 is 1.34 bits per heavy atom. The highest BCUT2D eigenvalue weighted by molar-refractivity contribution is 9.10. The summed E-state index contributed by atoms with van der Waals surface area (Å²) < 4.78 is 40.6. The summed E-state index contributed by atoms with van der Waals surface area (Å²) in [6.07, 6.45) is 4.17. The van der Waals surface area contributed by atoms with Crippen LogP contribution in [0.4, 0.5) is 55.3 Å². The van der Waals surface area contributed by atoms with Gasteiger partial charge in [0, 0.05) is 31.6 Å². The van der Waals surface area contributed by atoms with Crippen LogP contribution in [0.3, 0.4) is 0 Å². The first-order valence-electron chi connectivity index (χ1n) is 19.9. The Hall–Kier alpha value is -6.86. The molecule has 2 aliphatic heterocycles. The van der Waals surface area contributed by atoms with E-state index in [1.807, 2.05) is 23.1 Å². The van der Waals surface area contributed by atoms with E-state index in [4.69, 9.17) is 9.47 Å². The smallest absolute Gasteiger partial charge is 0.232 e. The fourth-order valence-electron chi connectivity index (χ4n) is 6.72. The zero-order valence-electron chi connectivity index (χ0n) is 33.2. The molecule has 4 heterocycles. The number of hydrogen-bond donors (Lipinski definition) is 4. The summed E-state index contributed by atoms with van der Waals surface area (Å²) >= 11 is 3.57. The molecule has 2 fully saturated rings. The highest BCUT2D eigenvalue weighted by Crippen LogP contribution is 2.33. The first-order chi connectivity index (χ1) is 30.2. The molecule has 318 valence electrons. The molecule has 19 heteroatoms. The van der Waals surface area contributed by atoms with E-state index < -0.39 is 17.6 Å². The molecule has 2 aliphatic rings. The number of rotatable bonds is 16. The van der Waals surface area contributed by atoms with Crippen LogP contribution in [0, 0.1) is 11.6 Å². The number of carbonyl (C=O) groups is 2. The van der Waals surface area contributed by atoms with E-state index in [1.54, 1.807) is 30.3 Å². The third kappa shape index (κ3) is 11.1. The molecule has 2 aromatic heterocycles. The predicted molar refractivity (Wildman–Crippen MR) is 233 cm³/mol. The van der Waals surface area contributed by atoms with Crippen molar-refractivity contribution in [2.75, 3.05) is 57.2 Å². The second-order valence-corrected chi connectivity index (χ2v) is 15.3. The summed E-state index contributed by atoms with van der Waals surface area (Å²) in [5.41, 5.74) is 2.54. The molecule has 4 aromatic carbocycles. The Bertz CT molecular complexity index is 2490. The molecule has 2 saturated heterocycles. The molecule has 0 unspecified atom stereocenters. The number of nitrogens with one attached hydrogen (secondary N) is 4. The summed E-state index contributed by atoms with van der Waals surface area (Å²) in [5, 5.41) is 11.6. The number of carbonyl (C=O) groups excluding carboxylic acids is 2. The quantitative estimate of drug-likeness (QED) is 0.0754. The second-order valence-electron chi connectivity index (χ2n) is 14.5. The van der Waals surface area contributed by atoms with Crippen molar-refractivity contribution < 1.29 is 27.8 Å². The normalized spacial score (nSPS) is 14.2. The third-order valence-electron chi connectivity index (χ3n) is 10.0. The van der Waals surface area contributed by atoms with Crippen LogP contribution in [0.15, 0.2) is 108 Å². The molecule has 0 radical (unpaired) electrons. The van der Waals surface area contributed by atoms with Gasteiger partial charge in [-0.3, -0.25) is 9.59 Å². The topological polar surface area (TPSA) is 185 Å². The average Bonchev–Trinajstić information content (AvgIpc) is 3.27. The first-order valence-corrected chi connectivity index (χ1v) is 20.7. The molecule has 0 saturated carbocycles. The second kappa shape index (κ2) is 19.7. The Morgan fingerprint density at radius 1 is 0.694 bits per heavy atom. The van der Waals surface area contributed by atoms with Gasteiger partial charge < -0.3 is 40.5 Å². The van der Waals surface area contributed by atoms with Crippen molar-refractivity contribution in [1.29, 1.82) is 0 Å². The molecule has 8 rings (SSSR count). The zero-order chi connectivity index (χ0) is 42.8. The molecular weight excluding hydrogens is 866 g/mol. The number of hydrogen-bond acceptors (Lipinski definition) is 14. The standard InChI is InChI=1S/C43H41BrF2N12O4/c44-39-34(7-4-8-35(39)54-41-48-26-49-42(56-41)57-19-17-30(18-20-57)61-24-27-5-2-1-3-6-27)52-37(59)15-16-38(60)53-36-21-29(11-14-33(36)46)51-40-47-25-50-43(55-40)58-22-32(23-58)62-31-12-9-28(45)10-13-31/h1-14,21,25-26,30,32H,15-20,22-24H2,(H,52,59)(H,53,60)(H,47,50,51,55)(H,48,49,54,56). The van der Waals surface area contributed by atoms with Gasteiger partial charge >= 0.3 is 0 Å². The van der Waals surface area contributed by atoms with Crippen LogP contribution in [-0.2, 0) is 20.9 Å². The van der Waals surface area contributed by atoms with Crippen molar-refractivity contribution in [3.05, 3.63) is 125 Å². The highest BCUT2D eigenvalue weighted by Gasteiger charge is 2.31. The molecule has 6 aromatic rings. The average molecular weight is 908 g/mol. The molecule has 2 amide bonds. The van der Waals surface area contributed by atoms with E-state index in [-0.39, 0.29) is 42.5 Å². The number of benzene rings is 4. The van der Waals surface area contributed by atoms with Crippen molar-refractivity contribution >= 4 is 74.3 Å². The maximum Gasteiger partial charge on any atom is 0.232 e. The van der Waals surface area contributed by atoms with Crippen LogP contribution in [-0.4, -0.2) is 80.1 Å². The van der Waals surface area contributed by atoms with E-state index in [1.165, 1.54) is 43.0 Å². The number of aromatic nitrogens is 6. The van der Waals surface area contributed by atoms with Gasteiger partial charge in [0.25, 0.3) is 0 Å². The molecule has 4 N–H and O–H groups in total. The fourth-order valence-corrected chi connectivity index (χ4v) is 7.18. The summed E-state index contributed by atoms with van der Waals surface area (Å²) in [7, 11) is 0. The number of anilines is 8. The lowest BCUT2D eigenvalue weighted by Crippen LogP contribution is -2.54. The van der Waals surface area contributed by atoms with Crippen LogP contribution in [0.25, 0.3) is 0 Å². The molecular formula is C43H41BrF2N12O4. The monoisotopic (exact) mass is 906 g/mol. The lowest BCUT2D eigenvalue weighted by Gasteiger charge is -2.38. The molecule has 0 atom stereocenters. The molecule has 0 bridgehead atoms. The van der Waals surface area contributed by atoms with Gasteiger partial charge in [-0.05, 0) is 88.9 Å². The first kappa shape index (κ1) is 41.9. The predicted octanol–water partition coefficient (Wildman–Crippen LogP) is 7.40. The van der Waals surface area contributed by atoms with Gasteiger partial charge in [-0.15, -0.1) is 0 Å². The van der Waals surface area contributed by atoms with E-state index in [0.717, 1.165) is 31.5 Å². The van der Waals surface area contributed by atoms with Crippen LogP contribution < -0.4 is 35.8 Å². The van der Waals surface area contributed by atoms with Crippen molar-refractivity contribution in [3.8, 4) is 5.75 Å². The van der Waals surface area contributed by atoms with Crippen LogP contribution in [0.2, 0.25) is 0 Å². The van der Waals surface area contributed by atoms with Crippen LogP contribution in [0.5, 0.6) is 5.75 Å². The minimum absolute atomic E-state index is 0.0847. The Morgan fingerprint density at radius 3 is 2.05 bits per heavy atom.